The Morgan fingerprint density at radius 1 is 0.841 bits per heavy atom. The number of benzene rings is 4. The molecule has 9 heteroatoms. The summed E-state index contributed by atoms with van der Waals surface area (Å²) >= 11 is 3.46. The van der Waals surface area contributed by atoms with Gasteiger partial charge in [-0.3, -0.25) is 13.9 Å². The number of halogens is 1. The van der Waals surface area contributed by atoms with Crippen molar-refractivity contribution < 1.29 is 18.0 Å². The smallest absolute Gasteiger partial charge is 0.264 e. The number of nitrogens with one attached hydrogen (secondary N) is 1. The van der Waals surface area contributed by atoms with Crippen molar-refractivity contribution in [3.63, 3.8) is 0 Å². The van der Waals surface area contributed by atoms with Crippen LogP contribution in [0.4, 0.5) is 5.69 Å². The minimum absolute atomic E-state index is 0.0784. The SMILES string of the molecule is CCCNC(=O)[C@@H](Cc1ccccc1)N(Cc1ccc(Br)cc1)C(=O)CN(c1cc(C)ccc1C)S(=O)(=O)c1ccccc1. The molecule has 4 aromatic rings. The molecule has 1 atom stereocenters. The number of hydrogen-bond donors (Lipinski definition) is 1. The van der Waals surface area contributed by atoms with Crippen molar-refractivity contribution in [3.8, 4) is 0 Å². The van der Waals surface area contributed by atoms with E-state index in [1.54, 1.807) is 24.3 Å². The third-order valence-corrected chi connectivity index (χ3v) is 9.63. The number of sulfonamides is 1. The van der Waals surface area contributed by atoms with Gasteiger partial charge in [-0.15, -0.1) is 0 Å². The van der Waals surface area contributed by atoms with Crippen LogP contribution in [0, 0.1) is 13.8 Å². The van der Waals surface area contributed by atoms with E-state index < -0.39 is 28.5 Å². The predicted octanol–water partition coefficient (Wildman–Crippen LogP) is 6.43. The van der Waals surface area contributed by atoms with Crippen molar-refractivity contribution in [3.05, 3.63) is 130 Å². The average molecular weight is 677 g/mol. The quantitative estimate of drug-likeness (QED) is 0.177. The van der Waals surface area contributed by atoms with Gasteiger partial charge in [0.15, 0.2) is 0 Å². The number of nitrogens with zero attached hydrogens (tertiary/aromatic N) is 2. The van der Waals surface area contributed by atoms with E-state index in [9.17, 15) is 18.0 Å². The first kappa shape index (κ1) is 33.0. The second-order valence-electron chi connectivity index (χ2n) is 10.8. The van der Waals surface area contributed by atoms with Crippen molar-refractivity contribution in [1.82, 2.24) is 10.2 Å². The summed E-state index contributed by atoms with van der Waals surface area (Å²) in [6.07, 6.45) is 1.01. The number of anilines is 1. The van der Waals surface area contributed by atoms with E-state index in [2.05, 4.69) is 21.2 Å². The second-order valence-corrected chi connectivity index (χ2v) is 13.5. The highest BCUT2D eigenvalue weighted by Crippen LogP contribution is 2.29. The molecule has 7 nitrogen and oxygen atoms in total. The van der Waals surface area contributed by atoms with Crippen LogP contribution in [-0.2, 0) is 32.6 Å². The van der Waals surface area contributed by atoms with Crippen molar-refractivity contribution in [2.45, 2.75) is 51.1 Å². The Hall–Kier alpha value is -3.95. The summed E-state index contributed by atoms with van der Waals surface area (Å²) in [5, 5.41) is 2.97. The Balaban J connectivity index is 1.81. The molecule has 0 unspecified atom stereocenters. The summed E-state index contributed by atoms with van der Waals surface area (Å²) in [4.78, 5) is 29.8. The zero-order valence-corrected chi connectivity index (χ0v) is 27.6. The minimum Gasteiger partial charge on any atom is -0.354 e. The van der Waals surface area contributed by atoms with Crippen LogP contribution in [0.5, 0.6) is 0 Å². The van der Waals surface area contributed by atoms with E-state index >= 15 is 0 Å². The molecule has 0 saturated carbocycles. The Morgan fingerprint density at radius 2 is 1.48 bits per heavy atom. The van der Waals surface area contributed by atoms with Gasteiger partial charge in [0.25, 0.3) is 10.0 Å². The van der Waals surface area contributed by atoms with Gasteiger partial charge in [-0.1, -0.05) is 95.7 Å². The fourth-order valence-corrected chi connectivity index (χ4v) is 6.68. The lowest BCUT2D eigenvalue weighted by Crippen LogP contribution is -2.53. The van der Waals surface area contributed by atoms with Crippen molar-refractivity contribution in [2.24, 2.45) is 0 Å². The summed E-state index contributed by atoms with van der Waals surface area (Å²) < 4.78 is 30.4. The molecule has 0 spiro atoms. The number of amides is 2. The summed E-state index contributed by atoms with van der Waals surface area (Å²) in [6, 6.07) is 29.8. The third-order valence-electron chi connectivity index (χ3n) is 7.33. The fourth-order valence-electron chi connectivity index (χ4n) is 4.93. The second kappa shape index (κ2) is 15.2. The van der Waals surface area contributed by atoms with E-state index in [0.29, 0.717) is 17.8 Å². The average Bonchev–Trinajstić information content (AvgIpc) is 3.03. The maximum Gasteiger partial charge on any atom is 0.264 e. The summed E-state index contributed by atoms with van der Waals surface area (Å²) in [6.45, 7) is 5.77. The van der Waals surface area contributed by atoms with Gasteiger partial charge in [-0.25, -0.2) is 8.42 Å². The Kier molecular flexibility index (Phi) is 11.4. The van der Waals surface area contributed by atoms with E-state index in [1.807, 2.05) is 87.5 Å². The summed E-state index contributed by atoms with van der Waals surface area (Å²) in [5.41, 5.74) is 3.69. The highest BCUT2D eigenvalue weighted by Gasteiger charge is 2.35. The van der Waals surface area contributed by atoms with Crippen LogP contribution in [0.15, 0.2) is 112 Å². The zero-order chi connectivity index (χ0) is 31.7. The van der Waals surface area contributed by atoms with Gasteiger partial charge < -0.3 is 10.2 Å². The first-order valence-electron chi connectivity index (χ1n) is 14.6. The molecule has 230 valence electrons. The van der Waals surface area contributed by atoms with Crippen LogP contribution >= 0.6 is 15.9 Å². The van der Waals surface area contributed by atoms with Crippen LogP contribution in [0.3, 0.4) is 0 Å². The van der Waals surface area contributed by atoms with E-state index in [4.69, 9.17) is 0 Å². The molecule has 0 aliphatic heterocycles. The van der Waals surface area contributed by atoms with Gasteiger partial charge in [0.2, 0.25) is 11.8 Å². The molecule has 2 amide bonds. The lowest BCUT2D eigenvalue weighted by atomic mass is 10.0. The molecular weight excluding hydrogens is 638 g/mol. The Labute approximate surface area is 269 Å². The van der Waals surface area contributed by atoms with E-state index in [0.717, 1.165) is 27.6 Å². The number of rotatable bonds is 13. The van der Waals surface area contributed by atoms with Gasteiger partial charge in [0.1, 0.15) is 12.6 Å². The van der Waals surface area contributed by atoms with Crippen molar-refractivity contribution in [1.29, 1.82) is 0 Å². The highest BCUT2D eigenvalue weighted by molar-refractivity contribution is 9.10. The van der Waals surface area contributed by atoms with Gasteiger partial charge >= 0.3 is 0 Å². The predicted molar refractivity (Wildman–Crippen MR) is 179 cm³/mol. The van der Waals surface area contributed by atoms with Crippen LogP contribution in [0.2, 0.25) is 0 Å². The monoisotopic (exact) mass is 675 g/mol. The van der Waals surface area contributed by atoms with Crippen molar-refractivity contribution >= 4 is 43.5 Å². The molecule has 4 aromatic carbocycles. The van der Waals surface area contributed by atoms with Crippen LogP contribution in [-0.4, -0.2) is 44.3 Å². The number of carbonyl (C=O) groups excluding carboxylic acids is 2. The summed E-state index contributed by atoms with van der Waals surface area (Å²) in [7, 11) is -4.14. The molecule has 44 heavy (non-hydrogen) atoms. The molecule has 0 aromatic heterocycles. The molecule has 0 bridgehead atoms. The minimum atomic E-state index is -4.14. The van der Waals surface area contributed by atoms with Gasteiger partial charge in [0, 0.05) is 24.0 Å². The Morgan fingerprint density at radius 3 is 2.11 bits per heavy atom. The fraction of sp³-hybridized carbons (Fsp3) is 0.257. The first-order valence-corrected chi connectivity index (χ1v) is 16.8. The molecule has 0 saturated heterocycles. The zero-order valence-electron chi connectivity index (χ0n) is 25.2. The molecule has 0 fully saturated rings. The maximum absolute atomic E-state index is 14.5. The van der Waals surface area contributed by atoms with Crippen LogP contribution < -0.4 is 9.62 Å². The lowest BCUT2D eigenvalue weighted by molar-refractivity contribution is -0.140. The highest BCUT2D eigenvalue weighted by atomic mass is 79.9. The van der Waals surface area contributed by atoms with Gasteiger partial charge in [-0.05, 0) is 72.9 Å². The van der Waals surface area contributed by atoms with Gasteiger partial charge in [-0.2, -0.15) is 0 Å². The normalized spacial score (nSPS) is 11.9. The molecule has 4 rings (SSSR count). The van der Waals surface area contributed by atoms with E-state index in [1.165, 1.54) is 21.3 Å². The van der Waals surface area contributed by atoms with Crippen molar-refractivity contribution in [2.75, 3.05) is 17.4 Å². The lowest BCUT2D eigenvalue weighted by Gasteiger charge is -2.34. The molecule has 0 aliphatic rings. The van der Waals surface area contributed by atoms with Crippen LogP contribution in [0.1, 0.15) is 35.6 Å². The van der Waals surface area contributed by atoms with Gasteiger partial charge in [0.05, 0.1) is 10.6 Å². The molecular formula is C35H38BrN3O4S. The van der Waals surface area contributed by atoms with E-state index in [-0.39, 0.29) is 23.8 Å². The molecule has 0 radical (unpaired) electrons. The largest absolute Gasteiger partial charge is 0.354 e. The number of hydrogen-bond acceptors (Lipinski definition) is 4. The summed E-state index contributed by atoms with van der Waals surface area (Å²) in [5.74, 6) is -0.772. The third kappa shape index (κ3) is 8.36. The number of aryl methyl sites for hydroxylation is 2. The maximum atomic E-state index is 14.5. The molecule has 1 N–H and O–H groups in total. The van der Waals surface area contributed by atoms with Crippen LogP contribution in [0.25, 0.3) is 0 Å². The molecule has 0 heterocycles. The molecule has 0 aliphatic carbocycles. The first-order chi connectivity index (χ1) is 21.1. The number of carbonyl (C=O) groups is 2. The Bertz CT molecular complexity index is 1660. The topological polar surface area (TPSA) is 86.8 Å². The standard InChI is InChI=1S/C35H38BrN3O4S/c1-4-21-37-35(41)33(23-28-11-7-5-8-12-28)38(24-29-17-19-30(36)20-18-29)34(40)25-39(32-22-26(2)15-16-27(32)3)44(42,43)31-13-9-6-10-14-31/h5-20,22,33H,4,21,23-25H2,1-3H3,(H,37,41)/t33-/m1/s1.